The fraction of sp³-hybridized carbons (Fsp3) is 0.467. The quantitative estimate of drug-likeness (QED) is 0.464. The highest BCUT2D eigenvalue weighted by Gasteiger charge is 2.75. The van der Waals surface area contributed by atoms with Gasteiger partial charge in [-0.1, -0.05) is 18.2 Å². The zero-order valence-electron chi connectivity index (χ0n) is 12.6. The van der Waals surface area contributed by atoms with Crippen LogP contribution in [0.4, 0.5) is 5.69 Å². The molecule has 0 unspecified atom stereocenters. The molecule has 1 amide bonds. The van der Waals surface area contributed by atoms with Crippen LogP contribution in [-0.2, 0) is 19.7 Å². The van der Waals surface area contributed by atoms with Crippen LogP contribution in [0.3, 0.4) is 0 Å². The molecule has 1 aromatic rings. The number of nitrogens with one attached hydrogen (secondary N) is 1. The molecule has 1 fully saturated rings. The van der Waals surface area contributed by atoms with E-state index in [4.69, 9.17) is 4.74 Å². The molecule has 23 heavy (non-hydrogen) atoms. The summed E-state index contributed by atoms with van der Waals surface area (Å²) in [4.78, 5) is 35.9. The van der Waals surface area contributed by atoms with E-state index in [1.165, 1.54) is 6.92 Å². The molecular formula is C15H16N2O6. The molecule has 1 saturated carbocycles. The fourth-order valence-corrected chi connectivity index (χ4v) is 4.09. The number of rotatable bonds is 2. The van der Waals surface area contributed by atoms with E-state index in [2.05, 4.69) is 5.32 Å². The first-order valence-corrected chi connectivity index (χ1v) is 7.12. The lowest BCUT2D eigenvalue weighted by atomic mass is 9.65. The largest absolute Gasteiger partial charge is 0.469 e. The predicted molar refractivity (Wildman–Crippen MR) is 78.3 cm³/mol. The number of carbonyl (C=O) groups is 2. The van der Waals surface area contributed by atoms with E-state index in [1.807, 2.05) is 0 Å². The molecule has 0 radical (unpaired) electrons. The lowest BCUT2D eigenvalue weighted by Crippen LogP contribution is -2.56. The summed E-state index contributed by atoms with van der Waals surface area (Å²) in [6, 6.07) is 5.17. The van der Waals surface area contributed by atoms with Gasteiger partial charge in [0.15, 0.2) is 0 Å². The summed E-state index contributed by atoms with van der Waals surface area (Å²) in [7, 11) is 1.11. The smallest absolute Gasteiger partial charge is 0.317 e. The van der Waals surface area contributed by atoms with Crippen LogP contribution in [-0.4, -0.2) is 40.7 Å². The van der Waals surface area contributed by atoms with Gasteiger partial charge in [-0.15, -0.1) is 0 Å². The zero-order valence-corrected chi connectivity index (χ0v) is 12.6. The predicted octanol–water partition coefficient (Wildman–Crippen LogP) is 0.466. The zero-order chi connectivity index (χ0) is 17.0. The van der Waals surface area contributed by atoms with E-state index in [1.54, 1.807) is 24.3 Å². The summed E-state index contributed by atoms with van der Waals surface area (Å²) in [5.41, 5.74) is -2.68. The third-order valence-corrected chi connectivity index (χ3v) is 4.99. The molecular weight excluding hydrogens is 304 g/mol. The second kappa shape index (κ2) is 4.76. The number of hydrogen-bond acceptors (Lipinski definition) is 6. The highest BCUT2D eigenvalue weighted by Crippen LogP contribution is 2.58. The molecule has 2 N–H and O–H groups in total. The Morgan fingerprint density at radius 3 is 2.74 bits per heavy atom. The maximum atomic E-state index is 12.8. The van der Waals surface area contributed by atoms with Crippen LogP contribution in [0.15, 0.2) is 24.3 Å². The second-order valence-electron chi connectivity index (χ2n) is 6.14. The number of ether oxygens (including phenoxy) is 1. The highest BCUT2D eigenvalue weighted by molar-refractivity contribution is 6.10. The Labute approximate surface area is 131 Å². The number of amides is 1. The molecule has 1 spiro atoms. The van der Waals surface area contributed by atoms with Crippen LogP contribution in [0.25, 0.3) is 0 Å². The van der Waals surface area contributed by atoms with Gasteiger partial charge in [-0.25, -0.2) is 0 Å². The molecule has 1 heterocycles. The summed E-state index contributed by atoms with van der Waals surface area (Å²) < 4.78 is 4.72. The Morgan fingerprint density at radius 2 is 2.13 bits per heavy atom. The maximum absolute atomic E-state index is 12.8. The minimum absolute atomic E-state index is 0.318. The van der Waals surface area contributed by atoms with E-state index >= 15 is 0 Å². The fourth-order valence-electron chi connectivity index (χ4n) is 4.09. The Kier molecular flexibility index (Phi) is 3.19. The minimum Gasteiger partial charge on any atom is -0.469 e. The van der Waals surface area contributed by atoms with Crippen molar-refractivity contribution in [2.24, 2.45) is 5.92 Å². The number of para-hydroxylation sites is 1. The first-order valence-electron chi connectivity index (χ1n) is 7.12. The lowest BCUT2D eigenvalue weighted by Gasteiger charge is -2.36. The van der Waals surface area contributed by atoms with E-state index in [9.17, 15) is 24.8 Å². The molecule has 1 aliphatic carbocycles. The molecule has 0 aromatic heterocycles. The van der Waals surface area contributed by atoms with Crippen LogP contribution < -0.4 is 5.32 Å². The number of nitro groups is 1. The second-order valence-corrected chi connectivity index (χ2v) is 6.14. The van der Waals surface area contributed by atoms with Crippen LogP contribution in [0.1, 0.15) is 18.9 Å². The normalized spacial score (nSPS) is 35.0. The van der Waals surface area contributed by atoms with Gasteiger partial charge >= 0.3 is 5.97 Å². The molecule has 1 aliphatic heterocycles. The van der Waals surface area contributed by atoms with Crippen LogP contribution >= 0.6 is 0 Å². The topological polar surface area (TPSA) is 119 Å². The molecule has 2 aliphatic rings. The van der Waals surface area contributed by atoms with Crippen molar-refractivity contribution in [3.05, 3.63) is 39.9 Å². The lowest BCUT2D eigenvalue weighted by molar-refractivity contribution is -0.528. The van der Waals surface area contributed by atoms with Gasteiger partial charge < -0.3 is 15.2 Å². The third kappa shape index (κ3) is 1.75. The van der Waals surface area contributed by atoms with Crippen molar-refractivity contribution < 1.29 is 24.4 Å². The molecule has 4 atom stereocenters. The van der Waals surface area contributed by atoms with Crippen LogP contribution in [0, 0.1) is 16.0 Å². The molecule has 0 saturated heterocycles. The number of aliphatic hydroxyl groups is 1. The number of benzene rings is 1. The Morgan fingerprint density at radius 1 is 1.48 bits per heavy atom. The van der Waals surface area contributed by atoms with Gasteiger partial charge in [-0.05, 0) is 18.6 Å². The van der Waals surface area contributed by atoms with Gasteiger partial charge in [0.1, 0.15) is 11.3 Å². The summed E-state index contributed by atoms with van der Waals surface area (Å²) in [5, 5.41) is 25.0. The first-order chi connectivity index (χ1) is 10.8. The Bertz CT molecular complexity index is 716. The average Bonchev–Trinajstić information content (AvgIpc) is 2.93. The number of carbonyl (C=O) groups excluding carboxylic acids is 2. The summed E-state index contributed by atoms with van der Waals surface area (Å²) in [6.07, 6.45) is -0.318. The van der Waals surface area contributed by atoms with Crippen molar-refractivity contribution in [1.82, 2.24) is 0 Å². The Balaban J connectivity index is 2.31. The number of methoxy groups -OCH3 is 1. The van der Waals surface area contributed by atoms with Gasteiger partial charge in [-0.3, -0.25) is 19.7 Å². The van der Waals surface area contributed by atoms with E-state index < -0.39 is 39.8 Å². The molecule has 1 aromatic carbocycles. The summed E-state index contributed by atoms with van der Waals surface area (Å²) in [6.45, 7) is 1.36. The molecule has 8 nitrogen and oxygen atoms in total. The maximum Gasteiger partial charge on any atom is 0.317 e. The average molecular weight is 320 g/mol. The van der Waals surface area contributed by atoms with Crippen molar-refractivity contribution in [2.45, 2.75) is 30.4 Å². The van der Waals surface area contributed by atoms with Crippen LogP contribution in [0.2, 0.25) is 0 Å². The highest BCUT2D eigenvalue weighted by atomic mass is 16.6. The van der Waals surface area contributed by atoms with E-state index in [0.717, 1.165) is 7.11 Å². The number of nitrogens with zero attached hydrogens (tertiary/aromatic N) is 1. The number of anilines is 1. The molecule has 8 heteroatoms. The molecule has 0 bridgehead atoms. The number of fused-ring (bicyclic) bond motifs is 2. The van der Waals surface area contributed by atoms with E-state index in [0.29, 0.717) is 11.3 Å². The minimum atomic E-state index is -1.76. The Hall–Kier alpha value is -2.48. The van der Waals surface area contributed by atoms with Crippen LogP contribution in [0.5, 0.6) is 0 Å². The van der Waals surface area contributed by atoms with Crippen molar-refractivity contribution in [1.29, 1.82) is 0 Å². The van der Waals surface area contributed by atoms with Crippen molar-refractivity contribution in [3.63, 3.8) is 0 Å². The van der Waals surface area contributed by atoms with Crippen molar-refractivity contribution >= 4 is 17.6 Å². The van der Waals surface area contributed by atoms with Gasteiger partial charge in [0.05, 0.1) is 12.7 Å². The van der Waals surface area contributed by atoms with E-state index in [-0.39, 0.29) is 6.42 Å². The van der Waals surface area contributed by atoms with Crippen molar-refractivity contribution in [2.75, 3.05) is 12.4 Å². The molecule has 3 rings (SSSR count). The number of hydrogen-bond donors (Lipinski definition) is 2. The standard InChI is InChI=1S/C15H16N2O6/c1-14(20)7-10(17(21)22)11(12(18)23-2)15(14)8-5-3-4-6-9(8)16-13(15)19/h3-6,10-11,20H,7H2,1-2H3,(H,16,19)/t10-,11-,14+,15-/m0/s1. The van der Waals surface area contributed by atoms with Gasteiger partial charge in [0, 0.05) is 17.0 Å². The van der Waals surface area contributed by atoms with Gasteiger partial charge in [-0.2, -0.15) is 0 Å². The third-order valence-electron chi connectivity index (χ3n) is 4.99. The monoisotopic (exact) mass is 320 g/mol. The summed E-state index contributed by atoms with van der Waals surface area (Å²) in [5.74, 6) is -2.90. The first kappa shape index (κ1) is 15.4. The SMILES string of the molecule is COC(=O)[C@@H]1[C@@H]([N+](=O)[O-])C[C@@](C)(O)[C@]12C(=O)Nc1ccccc12. The van der Waals surface area contributed by atoms with Gasteiger partial charge in [0.25, 0.3) is 0 Å². The number of esters is 1. The summed E-state index contributed by atoms with van der Waals surface area (Å²) >= 11 is 0. The molecule has 122 valence electrons. The van der Waals surface area contributed by atoms with Crippen molar-refractivity contribution in [3.8, 4) is 0 Å². The van der Waals surface area contributed by atoms with Gasteiger partial charge in [0.2, 0.25) is 11.9 Å².